The average molecular weight is 348 g/mol. The molecule has 0 aromatic heterocycles. The van der Waals surface area contributed by atoms with Gasteiger partial charge in [-0.1, -0.05) is 66.4 Å². The molecule has 0 unspecified atom stereocenters. The Labute approximate surface area is 176 Å². The fourth-order valence-electron chi connectivity index (χ4n) is 4.35. The monoisotopic (exact) mass is 348 g/mol. The number of hydrogen-bond acceptors (Lipinski definition) is 0. The second-order valence-corrected chi connectivity index (χ2v) is 7.28. The maximum Gasteiger partial charge on any atom is 1.00 e. The molecule has 1 heteroatoms. The van der Waals surface area contributed by atoms with Gasteiger partial charge in [0.15, 0.2) is 0 Å². The molecule has 0 atom stereocenters. The molecule has 28 heavy (non-hydrogen) atoms. The van der Waals surface area contributed by atoms with Crippen molar-refractivity contribution in [3.63, 3.8) is 0 Å². The second kappa shape index (κ2) is 6.68. The Morgan fingerprint density at radius 1 is 0.571 bits per heavy atom. The Bertz CT molecular complexity index is 1440. The van der Waals surface area contributed by atoms with E-state index < -0.39 is 0 Å². The first-order valence-corrected chi connectivity index (χ1v) is 9.43. The van der Waals surface area contributed by atoms with Gasteiger partial charge >= 0.3 is 18.9 Å². The molecule has 5 aromatic rings. The number of benzene rings is 5. The van der Waals surface area contributed by atoms with Crippen LogP contribution in [0.5, 0.6) is 0 Å². The minimum Gasteiger partial charge on any atom is -0.197 e. The largest absolute Gasteiger partial charge is 1.00 e. The van der Waals surface area contributed by atoms with Gasteiger partial charge in [0.1, 0.15) is 0 Å². The van der Waals surface area contributed by atoms with Crippen LogP contribution in [0.3, 0.4) is 0 Å². The molecule has 0 amide bonds. The molecular formula is C27H17Li. The van der Waals surface area contributed by atoms with E-state index in [2.05, 4.69) is 97.1 Å². The summed E-state index contributed by atoms with van der Waals surface area (Å²) >= 11 is 0. The van der Waals surface area contributed by atoms with Crippen LogP contribution >= 0.6 is 0 Å². The van der Waals surface area contributed by atoms with E-state index in [1.54, 1.807) is 0 Å². The van der Waals surface area contributed by atoms with Crippen LogP contribution in [0.4, 0.5) is 0 Å². The van der Waals surface area contributed by atoms with Crippen LogP contribution in [0, 0.1) is 6.08 Å². The quantitative estimate of drug-likeness (QED) is 0.182. The number of hydrogen-bond donors (Lipinski definition) is 0. The predicted octanol–water partition coefficient (Wildman–Crippen LogP) is 4.45. The van der Waals surface area contributed by atoms with E-state index in [9.17, 15) is 0 Å². The average Bonchev–Trinajstić information content (AvgIpc) is 3.25. The third kappa shape index (κ3) is 2.61. The molecule has 0 N–H and O–H groups in total. The van der Waals surface area contributed by atoms with E-state index in [0.29, 0.717) is 0 Å². The van der Waals surface area contributed by atoms with Gasteiger partial charge in [-0.2, -0.15) is 17.7 Å². The zero-order valence-corrected chi connectivity index (χ0v) is 15.9. The Hall–Kier alpha value is -2.78. The predicted molar refractivity (Wildman–Crippen MR) is 117 cm³/mol. The van der Waals surface area contributed by atoms with Gasteiger partial charge in [-0.25, -0.2) is 0 Å². The van der Waals surface area contributed by atoms with Crippen LogP contribution in [0.25, 0.3) is 48.7 Å². The summed E-state index contributed by atoms with van der Waals surface area (Å²) in [4.78, 5) is 0. The SMILES string of the molecule is [C-]1=C(c2cccc3cc4ccc5cc6ccccc6cc5c4cc23)C=CC1.[Li+]. The van der Waals surface area contributed by atoms with Gasteiger partial charge in [-0.3, -0.25) is 0 Å². The smallest absolute Gasteiger partial charge is 0.197 e. The van der Waals surface area contributed by atoms with Gasteiger partial charge in [-0.05, 0) is 55.9 Å². The van der Waals surface area contributed by atoms with Crippen LogP contribution < -0.4 is 18.9 Å². The molecule has 0 aliphatic heterocycles. The maximum atomic E-state index is 3.48. The Balaban J connectivity index is 0.00000171. The van der Waals surface area contributed by atoms with E-state index in [1.807, 2.05) is 0 Å². The molecular weight excluding hydrogens is 331 g/mol. The standard InChI is InChI=1S/C27H17.Li/c1-2-7-18(6-1)24-11-5-10-21-15-23-13-12-22-14-19-8-3-4-9-20(19)16-25(22)27(23)17-26(21)24;/h1,3-6,8-17H,2H2;/q-1;+1. The van der Waals surface area contributed by atoms with Crippen molar-refractivity contribution < 1.29 is 18.9 Å². The van der Waals surface area contributed by atoms with Crippen molar-refractivity contribution in [3.05, 3.63) is 103 Å². The molecule has 1 aliphatic rings. The van der Waals surface area contributed by atoms with Crippen molar-refractivity contribution >= 4 is 48.7 Å². The topological polar surface area (TPSA) is 0 Å². The van der Waals surface area contributed by atoms with Gasteiger partial charge in [0, 0.05) is 0 Å². The summed E-state index contributed by atoms with van der Waals surface area (Å²) in [6.07, 6.45) is 8.76. The molecule has 0 bridgehead atoms. The van der Waals surface area contributed by atoms with Crippen LogP contribution in [-0.4, -0.2) is 0 Å². The van der Waals surface area contributed by atoms with E-state index in [0.717, 1.165) is 6.42 Å². The van der Waals surface area contributed by atoms with Crippen molar-refractivity contribution in [3.8, 4) is 0 Å². The summed E-state index contributed by atoms with van der Waals surface area (Å²) in [6.45, 7) is 0. The summed E-state index contributed by atoms with van der Waals surface area (Å²) in [5.74, 6) is 0. The fourth-order valence-corrected chi connectivity index (χ4v) is 4.35. The minimum absolute atomic E-state index is 0. The molecule has 0 heterocycles. The summed E-state index contributed by atoms with van der Waals surface area (Å²) < 4.78 is 0. The first-order chi connectivity index (χ1) is 13.4. The van der Waals surface area contributed by atoms with Crippen molar-refractivity contribution in [2.75, 3.05) is 0 Å². The molecule has 1 aliphatic carbocycles. The van der Waals surface area contributed by atoms with E-state index in [1.165, 1.54) is 54.2 Å². The molecule has 0 saturated heterocycles. The van der Waals surface area contributed by atoms with Gasteiger partial charge in [0.2, 0.25) is 0 Å². The fraction of sp³-hybridized carbons (Fsp3) is 0.0370. The number of fused-ring (bicyclic) bond motifs is 5. The third-order valence-corrected chi connectivity index (χ3v) is 5.69. The Morgan fingerprint density at radius 2 is 1.21 bits per heavy atom. The van der Waals surface area contributed by atoms with Gasteiger partial charge < -0.3 is 0 Å². The Morgan fingerprint density at radius 3 is 1.96 bits per heavy atom. The maximum absolute atomic E-state index is 3.48. The van der Waals surface area contributed by atoms with Crippen molar-refractivity contribution in [1.82, 2.24) is 0 Å². The molecule has 0 nitrogen and oxygen atoms in total. The van der Waals surface area contributed by atoms with Crippen molar-refractivity contribution in [2.45, 2.75) is 6.42 Å². The van der Waals surface area contributed by atoms with Crippen molar-refractivity contribution in [1.29, 1.82) is 0 Å². The van der Waals surface area contributed by atoms with E-state index >= 15 is 0 Å². The first kappa shape index (κ1) is 17.3. The zero-order chi connectivity index (χ0) is 17.8. The number of allylic oxidation sites excluding steroid dienone is 4. The molecule has 0 radical (unpaired) electrons. The van der Waals surface area contributed by atoms with Gasteiger partial charge in [0.25, 0.3) is 0 Å². The molecule has 126 valence electrons. The van der Waals surface area contributed by atoms with E-state index in [4.69, 9.17) is 0 Å². The summed E-state index contributed by atoms with van der Waals surface area (Å²) in [5, 5.41) is 10.4. The van der Waals surface area contributed by atoms with Crippen LogP contribution in [-0.2, 0) is 0 Å². The van der Waals surface area contributed by atoms with E-state index in [-0.39, 0.29) is 18.9 Å². The molecule has 0 spiro atoms. The van der Waals surface area contributed by atoms with Gasteiger partial charge in [-0.15, -0.1) is 17.7 Å². The molecule has 0 fully saturated rings. The second-order valence-electron chi connectivity index (χ2n) is 7.28. The Kier molecular flexibility index (Phi) is 4.13. The van der Waals surface area contributed by atoms with Crippen molar-refractivity contribution in [2.24, 2.45) is 0 Å². The minimum atomic E-state index is 0. The summed E-state index contributed by atoms with van der Waals surface area (Å²) in [6, 6.07) is 29.0. The third-order valence-electron chi connectivity index (χ3n) is 5.69. The van der Waals surface area contributed by atoms with Gasteiger partial charge in [0.05, 0.1) is 0 Å². The molecule has 5 aromatic carbocycles. The van der Waals surface area contributed by atoms with Crippen LogP contribution in [0.15, 0.2) is 91.0 Å². The summed E-state index contributed by atoms with van der Waals surface area (Å²) in [7, 11) is 0. The molecule has 0 saturated carbocycles. The first-order valence-electron chi connectivity index (χ1n) is 9.43. The van der Waals surface area contributed by atoms with Crippen LogP contribution in [0.2, 0.25) is 0 Å². The normalized spacial score (nSPS) is 13.4. The zero-order valence-electron chi connectivity index (χ0n) is 15.9. The summed E-state index contributed by atoms with van der Waals surface area (Å²) in [5.41, 5.74) is 2.49. The van der Waals surface area contributed by atoms with Crippen LogP contribution in [0.1, 0.15) is 12.0 Å². The number of rotatable bonds is 1. The molecule has 6 rings (SSSR count).